The maximum atomic E-state index is 13.3. The Hall–Kier alpha value is -3.11. The molecule has 0 bridgehead atoms. The molecule has 0 fully saturated rings. The van der Waals surface area contributed by atoms with E-state index in [1.54, 1.807) is 43.0 Å². The molecule has 2 amide bonds. The molecule has 1 heterocycles. The lowest BCUT2D eigenvalue weighted by Gasteiger charge is -2.21. The first kappa shape index (κ1) is 25.5. The number of carbonyl (C=O) groups is 2. The second-order valence-corrected chi connectivity index (χ2v) is 9.14. The van der Waals surface area contributed by atoms with Crippen LogP contribution in [0.15, 0.2) is 47.6 Å². The summed E-state index contributed by atoms with van der Waals surface area (Å²) >= 11 is 6.94. The van der Waals surface area contributed by atoms with Crippen LogP contribution in [0.4, 0.5) is 10.1 Å². The summed E-state index contributed by atoms with van der Waals surface area (Å²) in [4.78, 5) is 25.1. The lowest BCUT2D eigenvalue weighted by atomic mass is 10.0. The molecule has 180 valence electrons. The van der Waals surface area contributed by atoms with Gasteiger partial charge in [0.1, 0.15) is 11.6 Å². The average Bonchev–Trinajstić information content (AvgIpc) is 3.18. The molecule has 0 aliphatic rings. The number of methoxy groups -OCH3 is 1. The summed E-state index contributed by atoms with van der Waals surface area (Å²) in [7, 11) is 3.35. The van der Waals surface area contributed by atoms with Crippen molar-refractivity contribution in [2.24, 2.45) is 13.0 Å². The van der Waals surface area contributed by atoms with Gasteiger partial charge >= 0.3 is 0 Å². The fourth-order valence-electron chi connectivity index (χ4n) is 3.12. The zero-order valence-electron chi connectivity index (χ0n) is 19.1. The molecule has 1 atom stereocenters. The van der Waals surface area contributed by atoms with Gasteiger partial charge in [-0.05, 0) is 48.4 Å². The summed E-state index contributed by atoms with van der Waals surface area (Å²) in [6.45, 7) is 3.95. The van der Waals surface area contributed by atoms with Crippen LogP contribution in [0.1, 0.15) is 36.1 Å². The van der Waals surface area contributed by atoms with Crippen LogP contribution in [0.25, 0.3) is 0 Å². The van der Waals surface area contributed by atoms with Crippen LogP contribution < -0.4 is 15.4 Å². The predicted molar refractivity (Wildman–Crippen MR) is 130 cm³/mol. The van der Waals surface area contributed by atoms with E-state index in [-0.39, 0.29) is 28.5 Å². The number of aromatic nitrogens is 3. The van der Waals surface area contributed by atoms with Gasteiger partial charge in [-0.3, -0.25) is 9.59 Å². The fraction of sp³-hybridized carbons (Fsp3) is 0.304. The number of benzene rings is 2. The molecule has 0 spiro atoms. The van der Waals surface area contributed by atoms with E-state index < -0.39 is 11.9 Å². The molecule has 34 heavy (non-hydrogen) atoms. The van der Waals surface area contributed by atoms with Gasteiger partial charge in [-0.15, -0.1) is 10.2 Å². The first-order chi connectivity index (χ1) is 16.2. The standard InChI is InChI=1S/C23H25ClFN5O3S/c1-13(2)20(27-22(32)14-5-8-16(33-4)9-6-14)21-28-29-23(30(21)3)34-12-19(31)26-15-7-10-18(25)17(24)11-15/h5-11,13,20H,12H2,1-4H3,(H,26,31)(H,27,32). The van der Waals surface area contributed by atoms with Crippen molar-refractivity contribution in [2.45, 2.75) is 25.0 Å². The molecule has 0 saturated carbocycles. The topological polar surface area (TPSA) is 98.1 Å². The van der Waals surface area contributed by atoms with Crippen LogP contribution in [0.3, 0.4) is 0 Å². The molecule has 2 N–H and O–H groups in total. The molecule has 8 nitrogen and oxygen atoms in total. The SMILES string of the molecule is COc1ccc(C(=O)NC(c2nnc(SCC(=O)Nc3ccc(F)c(Cl)c3)n2C)C(C)C)cc1. The van der Waals surface area contributed by atoms with E-state index in [1.165, 1.54) is 30.0 Å². The Morgan fingerprint density at radius 1 is 1.18 bits per heavy atom. The Labute approximate surface area is 206 Å². The van der Waals surface area contributed by atoms with Gasteiger partial charge in [0, 0.05) is 18.3 Å². The monoisotopic (exact) mass is 505 g/mol. The molecule has 2 aromatic carbocycles. The van der Waals surface area contributed by atoms with Crippen molar-refractivity contribution in [3.63, 3.8) is 0 Å². The van der Waals surface area contributed by atoms with Crippen molar-refractivity contribution in [1.29, 1.82) is 0 Å². The second-order valence-electron chi connectivity index (χ2n) is 7.79. The minimum atomic E-state index is -0.556. The third kappa shape index (κ3) is 6.27. The van der Waals surface area contributed by atoms with Crippen LogP contribution in [-0.4, -0.2) is 39.4 Å². The van der Waals surface area contributed by atoms with E-state index >= 15 is 0 Å². The maximum Gasteiger partial charge on any atom is 0.251 e. The minimum absolute atomic E-state index is 0.0365. The maximum absolute atomic E-state index is 13.3. The molecule has 3 rings (SSSR count). The number of hydrogen-bond donors (Lipinski definition) is 2. The molecule has 0 saturated heterocycles. The molecule has 0 aliphatic heterocycles. The summed E-state index contributed by atoms with van der Waals surface area (Å²) in [5.74, 6) is 0.241. The van der Waals surface area contributed by atoms with Crippen molar-refractivity contribution in [2.75, 3.05) is 18.2 Å². The van der Waals surface area contributed by atoms with Gasteiger partial charge in [-0.25, -0.2) is 4.39 Å². The summed E-state index contributed by atoms with van der Waals surface area (Å²) in [6, 6.07) is 10.4. The van der Waals surface area contributed by atoms with Crippen molar-refractivity contribution < 1.29 is 18.7 Å². The number of ether oxygens (including phenoxy) is 1. The number of carbonyl (C=O) groups excluding carboxylic acids is 2. The highest BCUT2D eigenvalue weighted by Gasteiger charge is 2.25. The number of nitrogens with zero attached hydrogens (tertiary/aromatic N) is 3. The lowest BCUT2D eigenvalue weighted by Crippen LogP contribution is -2.33. The van der Waals surface area contributed by atoms with Gasteiger partial charge < -0.3 is 19.9 Å². The molecule has 1 unspecified atom stereocenters. The smallest absolute Gasteiger partial charge is 0.251 e. The quantitative estimate of drug-likeness (QED) is 0.416. The first-order valence-electron chi connectivity index (χ1n) is 10.4. The van der Waals surface area contributed by atoms with Gasteiger partial charge in [-0.2, -0.15) is 0 Å². The van der Waals surface area contributed by atoms with Crippen LogP contribution in [0.5, 0.6) is 5.75 Å². The number of halogens is 2. The third-order valence-electron chi connectivity index (χ3n) is 4.99. The number of rotatable bonds is 9. The summed E-state index contributed by atoms with van der Waals surface area (Å²) in [5.41, 5.74) is 0.901. The Morgan fingerprint density at radius 2 is 1.88 bits per heavy atom. The fourth-order valence-corrected chi connectivity index (χ4v) is 4.02. The van der Waals surface area contributed by atoms with Crippen molar-refractivity contribution >= 4 is 40.9 Å². The van der Waals surface area contributed by atoms with Gasteiger partial charge in [0.25, 0.3) is 5.91 Å². The van der Waals surface area contributed by atoms with Crippen LogP contribution >= 0.6 is 23.4 Å². The predicted octanol–water partition coefficient (Wildman–Crippen LogP) is 4.47. The molecular weight excluding hydrogens is 481 g/mol. The van der Waals surface area contributed by atoms with E-state index in [0.717, 1.165) is 0 Å². The first-order valence-corrected chi connectivity index (χ1v) is 11.8. The van der Waals surface area contributed by atoms with E-state index in [1.807, 2.05) is 13.8 Å². The largest absolute Gasteiger partial charge is 0.497 e. The van der Waals surface area contributed by atoms with Gasteiger partial charge in [0.2, 0.25) is 5.91 Å². The normalized spacial score (nSPS) is 11.9. The minimum Gasteiger partial charge on any atom is -0.497 e. The second kappa shape index (κ2) is 11.3. The van der Waals surface area contributed by atoms with Crippen LogP contribution in [0.2, 0.25) is 5.02 Å². The highest BCUT2D eigenvalue weighted by atomic mass is 35.5. The highest BCUT2D eigenvalue weighted by Crippen LogP contribution is 2.25. The van der Waals surface area contributed by atoms with Gasteiger partial charge in [-0.1, -0.05) is 37.2 Å². The number of anilines is 1. The van der Waals surface area contributed by atoms with Crippen molar-refractivity contribution in [3.8, 4) is 5.75 Å². The molecular formula is C23H25ClFN5O3S. The van der Waals surface area contributed by atoms with Crippen LogP contribution in [0, 0.1) is 11.7 Å². The zero-order chi connectivity index (χ0) is 24.8. The Balaban J connectivity index is 1.65. The van der Waals surface area contributed by atoms with Gasteiger partial charge in [0.05, 0.1) is 23.9 Å². The molecule has 3 aromatic rings. The Morgan fingerprint density at radius 3 is 2.50 bits per heavy atom. The Kier molecular flexibility index (Phi) is 8.51. The number of amides is 2. The lowest BCUT2D eigenvalue weighted by molar-refractivity contribution is -0.113. The van der Waals surface area contributed by atoms with Crippen molar-refractivity contribution in [1.82, 2.24) is 20.1 Å². The highest BCUT2D eigenvalue weighted by molar-refractivity contribution is 7.99. The number of thioether (sulfide) groups is 1. The molecule has 0 aliphatic carbocycles. The Bertz CT molecular complexity index is 1170. The summed E-state index contributed by atoms with van der Waals surface area (Å²) in [5, 5.41) is 14.6. The summed E-state index contributed by atoms with van der Waals surface area (Å²) < 4.78 is 20.2. The third-order valence-corrected chi connectivity index (χ3v) is 6.30. The van der Waals surface area contributed by atoms with Crippen molar-refractivity contribution in [3.05, 3.63) is 64.7 Å². The van der Waals surface area contributed by atoms with Gasteiger partial charge in [0.15, 0.2) is 11.0 Å². The van der Waals surface area contributed by atoms with Crippen LogP contribution in [-0.2, 0) is 11.8 Å². The molecule has 0 radical (unpaired) electrons. The number of hydrogen-bond acceptors (Lipinski definition) is 6. The molecule has 11 heteroatoms. The number of nitrogens with one attached hydrogen (secondary N) is 2. The summed E-state index contributed by atoms with van der Waals surface area (Å²) in [6.07, 6.45) is 0. The van der Waals surface area contributed by atoms with E-state index in [4.69, 9.17) is 16.3 Å². The molecule has 1 aromatic heterocycles. The van der Waals surface area contributed by atoms with E-state index in [9.17, 15) is 14.0 Å². The van der Waals surface area contributed by atoms with E-state index in [0.29, 0.717) is 28.0 Å². The van der Waals surface area contributed by atoms with E-state index in [2.05, 4.69) is 20.8 Å². The average molecular weight is 506 g/mol. The zero-order valence-corrected chi connectivity index (χ0v) is 20.7.